The molecule has 0 saturated carbocycles. The fourth-order valence-corrected chi connectivity index (χ4v) is 2.10. The van der Waals surface area contributed by atoms with E-state index in [2.05, 4.69) is 5.32 Å². The zero-order valence-electron chi connectivity index (χ0n) is 12.2. The van der Waals surface area contributed by atoms with Crippen LogP contribution in [0.2, 0.25) is 5.02 Å². The maximum atomic E-state index is 11.8. The van der Waals surface area contributed by atoms with Crippen LogP contribution in [-0.4, -0.2) is 24.3 Å². The highest BCUT2D eigenvalue weighted by Crippen LogP contribution is 2.31. The number of carboxylic acids is 1. The number of aromatic carboxylic acids is 1. The van der Waals surface area contributed by atoms with Crippen molar-refractivity contribution in [2.24, 2.45) is 0 Å². The van der Waals surface area contributed by atoms with E-state index in [-0.39, 0.29) is 28.6 Å². The van der Waals surface area contributed by atoms with Crippen LogP contribution >= 0.6 is 11.6 Å². The second kappa shape index (κ2) is 7.51. The minimum absolute atomic E-state index is 0.0387. The van der Waals surface area contributed by atoms with E-state index in [1.165, 1.54) is 19.2 Å². The van der Waals surface area contributed by atoms with Crippen molar-refractivity contribution in [3.63, 3.8) is 0 Å². The standard InChI is InChI=1S/C16H14ClNO5/c1-22-14-8-13(11(15(19)20)7-12(14)17)18-16(21)23-9-10-5-3-2-4-6-10/h2-8H,9H2,1H3,(H,18,21)(H,19,20). The van der Waals surface area contributed by atoms with E-state index < -0.39 is 12.1 Å². The zero-order chi connectivity index (χ0) is 16.8. The molecule has 0 aromatic heterocycles. The second-order valence-electron chi connectivity index (χ2n) is 4.52. The Labute approximate surface area is 137 Å². The van der Waals surface area contributed by atoms with Gasteiger partial charge in [0.25, 0.3) is 0 Å². The lowest BCUT2D eigenvalue weighted by atomic mass is 10.1. The van der Waals surface area contributed by atoms with Crippen LogP contribution in [0.5, 0.6) is 5.75 Å². The number of rotatable bonds is 5. The summed E-state index contributed by atoms with van der Waals surface area (Å²) in [4.78, 5) is 23.1. The van der Waals surface area contributed by atoms with Crippen molar-refractivity contribution in [3.05, 3.63) is 58.6 Å². The number of amides is 1. The molecule has 23 heavy (non-hydrogen) atoms. The number of methoxy groups -OCH3 is 1. The van der Waals surface area contributed by atoms with Gasteiger partial charge >= 0.3 is 12.1 Å². The molecule has 6 nitrogen and oxygen atoms in total. The number of nitrogens with one attached hydrogen (secondary N) is 1. The average molecular weight is 336 g/mol. The number of anilines is 1. The van der Waals surface area contributed by atoms with Crippen molar-refractivity contribution < 1.29 is 24.2 Å². The maximum absolute atomic E-state index is 11.8. The van der Waals surface area contributed by atoms with Crippen LogP contribution < -0.4 is 10.1 Å². The van der Waals surface area contributed by atoms with Crippen molar-refractivity contribution in [3.8, 4) is 5.75 Å². The van der Waals surface area contributed by atoms with Crippen LogP contribution in [0.1, 0.15) is 15.9 Å². The van der Waals surface area contributed by atoms with Gasteiger partial charge in [-0.2, -0.15) is 0 Å². The van der Waals surface area contributed by atoms with E-state index in [0.717, 1.165) is 5.56 Å². The first-order valence-corrected chi connectivity index (χ1v) is 6.97. The lowest BCUT2D eigenvalue weighted by Gasteiger charge is -2.12. The Morgan fingerprint density at radius 3 is 2.52 bits per heavy atom. The molecule has 0 spiro atoms. The van der Waals surface area contributed by atoms with Crippen molar-refractivity contribution >= 4 is 29.4 Å². The van der Waals surface area contributed by atoms with E-state index >= 15 is 0 Å². The molecule has 0 radical (unpaired) electrons. The number of ether oxygens (including phenoxy) is 2. The summed E-state index contributed by atoms with van der Waals surface area (Å²) in [7, 11) is 1.39. The van der Waals surface area contributed by atoms with Crippen LogP contribution in [0.25, 0.3) is 0 Å². The fraction of sp³-hybridized carbons (Fsp3) is 0.125. The first kappa shape index (κ1) is 16.6. The van der Waals surface area contributed by atoms with Gasteiger partial charge in [-0.1, -0.05) is 41.9 Å². The summed E-state index contributed by atoms with van der Waals surface area (Å²) in [6, 6.07) is 11.6. The fourth-order valence-electron chi connectivity index (χ4n) is 1.86. The van der Waals surface area contributed by atoms with E-state index in [0.29, 0.717) is 0 Å². The lowest BCUT2D eigenvalue weighted by Crippen LogP contribution is -2.16. The van der Waals surface area contributed by atoms with Gasteiger partial charge in [0.1, 0.15) is 12.4 Å². The highest BCUT2D eigenvalue weighted by molar-refractivity contribution is 6.32. The Kier molecular flexibility index (Phi) is 5.43. The Balaban J connectivity index is 2.11. The molecule has 2 aromatic rings. The van der Waals surface area contributed by atoms with Crippen LogP contribution in [0, 0.1) is 0 Å². The van der Waals surface area contributed by atoms with E-state index in [4.69, 9.17) is 21.1 Å². The molecular weight excluding hydrogens is 322 g/mol. The molecule has 0 bridgehead atoms. The van der Waals surface area contributed by atoms with Crippen LogP contribution in [-0.2, 0) is 11.3 Å². The SMILES string of the molecule is COc1cc(NC(=O)OCc2ccccc2)c(C(=O)O)cc1Cl. The topological polar surface area (TPSA) is 84.9 Å². The molecule has 0 aliphatic heterocycles. The molecule has 2 aromatic carbocycles. The van der Waals surface area contributed by atoms with Crippen LogP contribution in [0.3, 0.4) is 0 Å². The van der Waals surface area contributed by atoms with Gasteiger partial charge in [0.2, 0.25) is 0 Å². The maximum Gasteiger partial charge on any atom is 0.411 e. The molecular formula is C16H14ClNO5. The van der Waals surface area contributed by atoms with Gasteiger partial charge < -0.3 is 14.6 Å². The molecule has 120 valence electrons. The summed E-state index contributed by atoms with van der Waals surface area (Å²) < 4.78 is 10.1. The number of hydrogen-bond donors (Lipinski definition) is 2. The van der Waals surface area contributed by atoms with Crippen LogP contribution in [0.4, 0.5) is 10.5 Å². The van der Waals surface area contributed by atoms with Gasteiger partial charge in [-0.25, -0.2) is 9.59 Å². The van der Waals surface area contributed by atoms with Gasteiger partial charge in [-0.05, 0) is 11.6 Å². The molecule has 0 fully saturated rings. The lowest BCUT2D eigenvalue weighted by molar-refractivity contribution is 0.0698. The first-order valence-electron chi connectivity index (χ1n) is 6.59. The smallest absolute Gasteiger partial charge is 0.411 e. The van der Waals surface area contributed by atoms with Gasteiger partial charge in [-0.15, -0.1) is 0 Å². The predicted octanol–water partition coefficient (Wildman–Crippen LogP) is 3.80. The molecule has 0 unspecified atom stereocenters. The molecule has 2 N–H and O–H groups in total. The molecule has 0 aliphatic rings. The quantitative estimate of drug-likeness (QED) is 0.868. The normalized spacial score (nSPS) is 10.0. The van der Waals surface area contributed by atoms with Crippen molar-refractivity contribution in [1.82, 2.24) is 0 Å². The molecule has 2 rings (SSSR count). The molecule has 0 heterocycles. The number of hydrogen-bond acceptors (Lipinski definition) is 4. The summed E-state index contributed by atoms with van der Waals surface area (Å²) in [5, 5.41) is 11.7. The molecule has 0 aliphatic carbocycles. The largest absolute Gasteiger partial charge is 0.495 e. The minimum Gasteiger partial charge on any atom is -0.495 e. The number of halogens is 1. The van der Waals surface area contributed by atoms with Gasteiger partial charge in [0, 0.05) is 6.07 Å². The van der Waals surface area contributed by atoms with Crippen molar-refractivity contribution in [1.29, 1.82) is 0 Å². The summed E-state index contributed by atoms with van der Waals surface area (Å²) in [6.07, 6.45) is -0.777. The molecule has 0 saturated heterocycles. The number of carbonyl (C=O) groups is 2. The number of carboxylic acid groups (broad SMARTS) is 1. The third-order valence-electron chi connectivity index (χ3n) is 2.97. The Hall–Kier alpha value is -2.73. The Bertz CT molecular complexity index is 718. The van der Waals surface area contributed by atoms with Crippen molar-refractivity contribution in [2.75, 3.05) is 12.4 Å². The monoisotopic (exact) mass is 335 g/mol. The Morgan fingerprint density at radius 1 is 1.22 bits per heavy atom. The molecule has 1 amide bonds. The van der Waals surface area contributed by atoms with Crippen molar-refractivity contribution in [2.45, 2.75) is 6.61 Å². The summed E-state index contributed by atoms with van der Waals surface area (Å²) in [5.74, 6) is -0.983. The Morgan fingerprint density at radius 2 is 1.91 bits per heavy atom. The third-order valence-corrected chi connectivity index (χ3v) is 3.27. The highest BCUT2D eigenvalue weighted by Gasteiger charge is 2.17. The zero-order valence-corrected chi connectivity index (χ0v) is 13.0. The average Bonchev–Trinajstić information content (AvgIpc) is 2.55. The predicted molar refractivity (Wildman–Crippen MR) is 85.2 cm³/mol. The van der Waals surface area contributed by atoms with E-state index in [1.54, 1.807) is 12.1 Å². The number of benzene rings is 2. The summed E-state index contributed by atoms with van der Waals surface area (Å²) >= 11 is 5.89. The number of carbonyl (C=O) groups excluding carboxylic acids is 1. The van der Waals surface area contributed by atoms with E-state index in [9.17, 15) is 14.7 Å². The minimum atomic E-state index is -1.23. The van der Waals surface area contributed by atoms with Crippen LogP contribution in [0.15, 0.2) is 42.5 Å². The van der Waals surface area contributed by atoms with Gasteiger partial charge in [0.05, 0.1) is 23.4 Å². The third kappa shape index (κ3) is 4.37. The highest BCUT2D eigenvalue weighted by atomic mass is 35.5. The van der Waals surface area contributed by atoms with E-state index in [1.807, 2.05) is 18.2 Å². The first-order chi connectivity index (χ1) is 11.0. The summed E-state index contributed by atoms with van der Waals surface area (Å²) in [6.45, 7) is 0.0692. The molecule has 7 heteroatoms. The second-order valence-corrected chi connectivity index (χ2v) is 4.93. The molecule has 0 atom stereocenters. The van der Waals surface area contributed by atoms with Gasteiger partial charge in [-0.3, -0.25) is 5.32 Å². The summed E-state index contributed by atoms with van der Waals surface area (Å²) in [5.41, 5.74) is 0.694. The van der Waals surface area contributed by atoms with Gasteiger partial charge in [0.15, 0.2) is 0 Å².